The van der Waals surface area contributed by atoms with Crippen molar-refractivity contribution in [1.82, 2.24) is 0 Å². The van der Waals surface area contributed by atoms with Gasteiger partial charge in [0.05, 0.1) is 4.90 Å². The molecule has 0 aliphatic heterocycles. The number of anilines is 2. The molecule has 0 aliphatic rings. The topological polar surface area (TPSA) is 75.3 Å². The summed E-state index contributed by atoms with van der Waals surface area (Å²) < 4.78 is 27.9. The maximum absolute atomic E-state index is 12.7. The summed E-state index contributed by atoms with van der Waals surface area (Å²) in [7, 11) is -3.73. The quantitative estimate of drug-likeness (QED) is 0.621. The molecule has 0 atom stereocenters. The van der Waals surface area contributed by atoms with Gasteiger partial charge in [0.2, 0.25) is 0 Å². The van der Waals surface area contributed by atoms with E-state index in [-0.39, 0.29) is 10.8 Å². The number of nitrogens with one attached hydrogen (secondary N) is 2. The highest BCUT2D eigenvalue weighted by Gasteiger charge is 2.17. The molecule has 0 aromatic heterocycles. The van der Waals surface area contributed by atoms with Gasteiger partial charge in [0.1, 0.15) is 0 Å². The Morgan fingerprint density at radius 1 is 0.931 bits per heavy atom. The van der Waals surface area contributed by atoms with Gasteiger partial charge in [0.25, 0.3) is 15.9 Å². The van der Waals surface area contributed by atoms with Crippen molar-refractivity contribution < 1.29 is 13.2 Å². The van der Waals surface area contributed by atoms with Crippen LogP contribution in [0.1, 0.15) is 27.0 Å². The Hall–Kier alpha value is -3.56. The second kappa shape index (κ2) is 8.21. The molecule has 3 rings (SSSR count). The molecule has 0 fully saturated rings. The average molecular weight is 404 g/mol. The van der Waals surface area contributed by atoms with E-state index in [1.54, 1.807) is 67.6 Å². The first-order valence-electron chi connectivity index (χ1n) is 8.87. The van der Waals surface area contributed by atoms with E-state index in [9.17, 15) is 13.2 Å². The number of aryl methyl sites for hydroxylation is 2. The van der Waals surface area contributed by atoms with Crippen LogP contribution >= 0.6 is 0 Å². The molecule has 5 nitrogen and oxygen atoms in total. The van der Waals surface area contributed by atoms with E-state index in [0.29, 0.717) is 28.1 Å². The van der Waals surface area contributed by atoms with Crippen LogP contribution in [-0.2, 0) is 10.0 Å². The van der Waals surface area contributed by atoms with Crippen LogP contribution < -0.4 is 10.0 Å². The van der Waals surface area contributed by atoms with Crippen LogP contribution in [0, 0.1) is 26.2 Å². The van der Waals surface area contributed by atoms with Crippen LogP contribution in [0.25, 0.3) is 0 Å². The number of sulfonamides is 1. The second-order valence-electron chi connectivity index (χ2n) is 6.63. The summed E-state index contributed by atoms with van der Waals surface area (Å²) >= 11 is 0. The number of terminal acetylenes is 1. The van der Waals surface area contributed by atoms with Crippen molar-refractivity contribution in [1.29, 1.82) is 0 Å². The molecule has 0 aliphatic carbocycles. The van der Waals surface area contributed by atoms with Crippen LogP contribution in [0.3, 0.4) is 0 Å². The standard InChI is InChI=1S/C23H20N2O3S/c1-4-18-6-5-7-21(15-18)24-23(26)19-10-12-20(13-11-19)25-29(27,28)22-14-16(2)8-9-17(22)3/h1,5-15,25H,2-3H3,(H,24,26). The number of amides is 1. The maximum Gasteiger partial charge on any atom is 0.262 e. The fourth-order valence-corrected chi connectivity index (χ4v) is 4.18. The summed E-state index contributed by atoms with van der Waals surface area (Å²) in [5.74, 6) is 2.20. The minimum atomic E-state index is -3.73. The predicted molar refractivity (Wildman–Crippen MR) is 115 cm³/mol. The largest absolute Gasteiger partial charge is 0.322 e. The third-order valence-corrected chi connectivity index (χ3v) is 5.84. The van der Waals surface area contributed by atoms with Crippen molar-refractivity contribution in [2.75, 3.05) is 10.0 Å². The molecule has 0 saturated carbocycles. The first-order chi connectivity index (χ1) is 13.8. The molecular weight excluding hydrogens is 384 g/mol. The van der Waals surface area contributed by atoms with Gasteiger partial charge in [0.15, 0.2) is 0 Å². The maximum atomic E-state index is 12.7. The SMILES string of the molecule is C#Cc1cccc(NC(=O)c2ccc(NS(=O)(=O)c3cc(C)ccc3C)cc2)c1. The molecule has 0 unspecified atom stereocenters. The lowest BCUT2D eigenvalue weighted by Crippen LogP contribution is -2.15. The number of hydrogen-bond acceptors (Lipinski definition) is 3. The van der Waals surface area contributed by atoms with Gasteiger partial charge in [-0.25, -0.2) is 8.42 Å². The molecule has 0 spiro atoms. The Balaban J connectivity index is 1.75. The van der Waals surface area contributed by atoms with Crippen molar-refractivity contribution in [2.24, 2.45) is 0 Å². The highest BCUT2D eigenvalue weighted by Crippen LogP contribution is 2.21. The van der Waals surface area contributed by atoms with Gasteiger partial charge in [-0.05, 0) is 73.5 Å². The van der Waals surface area contributed by atoms with E-state index in [0.717, 1.165) is 5.56 Å². The summed E-state index contributed by atoms with van der Waals surface area (Å²) in [5, 5.41) is 2.77. The lowest BCUT2D eigenvalue weighted by molar-refractivity contribution is 0.102. The Morgan fingerprint density at radius 2 is 1.66 bits per heavy atom. The van der Waals surface area contributed by atoms with E-state index in [1.807, 2.05) is 13.0 Å². The molecule has 1 amide bonds. The molecular formula is C23H20N2O3S. The molecule has 0 radical (unpaired) electrons. The van der Waals surface area contributed by atoms with E-state index in [1.165, 1.54) is 0 Å². The van der Waals surface area contributed by atoms with Gasteiger partial charge >= 0.3 is 0 Å². The highest BCUT2D eigenvalue weighted by molar-refractivity contribution is 7.92. The van der Waals surface area contributed by atoms with Crippen molar-refractivity contribution in [3.63, 3.8) is 0 Å². The first kappa shape index (κ1) is 20.2. The van der Waals surface area contributed by atoms with Gasteiger partial charge < -0.3 is 5.32 Å². The van der Waals surface area contributed by atoms with Gasteiger partial charge in [-0.15, -0.1) is 6.42 Å². The van der Waals surface area contributed by atoms with Crippen LogP contribution in [0.5, 0.6) is 0 Å². The summed E-state index contributed by atoms with van der Waals surface area (Å²) in [6.07, 6.45) is 5.37. The molecule has 3 aromatic rings. The van der Waals surface area contributed by atoms with Crippen LogP contribution in [0.15, 0.2) is 71.6 Å². The van der Waals surface area contributed by atoms with Gasteiger partial charge in [-0.1, -0.05) is 24.1 Å². The lowest BCUT2D eigenvalue weighted by atomic mass is 10.1. The number of carbonyl (C=O) groups is 1. The van der Waals surface area contributed by atoms with E-state index < -0.39 is 10.0 Å². The van der Waals surface area contributed by atoms with Crippen molar-refractivity contribution in [3.8, 4) is 12.3 Å². The van der Waals surface area contributed by atoms with Crippen LogP contribution in [-0.4, -0.2) is 14.3 Å². The zero-order valence-electron chi connectivity index (χ0n) is 16.1. The molecule has 0 heterocycles. The molecule has 0 bridgehead atoms. The zero-order chi connectivity index (χ0) is 21.0. The Morgan fingerprint density at radius 3 is 2.34 bits per heavy atom. The van der Waals surface area contributed by atoms with Crippen LogP contribution in [0.4, 0.5) is 11.4 Å². The van der Waals surface area contributed by atoms with Crippen LogP contribution in [0.2, 0.25) is 0 Å². The van der Waals surface area contributed by atoms with E-state index >= 15 is 0 Å². The van der Waals surface area contributed by atoms with E-state index in [4.69, 9.17) is 6.42 Å². The molecule has 0 saturated heterocycles. The Kier molecular flexibility index (Phi) is 5.71. The minimum absolute atomic E-state index is 0.229. The third kappa shape index (κ3) is 4.84. The number of carbonyl (C=O) groups excluding carboxylic acids is 1. The van der Waals surface area contributed by atoms with Gasteiger partial charge in [0, 0.05) is 22.5 Å². The third-order valence-electron chi connectivity index (χ3n) is 4.32. The Bertz CT molecular complexity index is 1210. The molecule has 146 valence electrons. The highest BCUT2D eigenvalue weighted by atomic mass is 32.2. The first-order valence-corrected chi connectivity index (χ1v) is 10.3. The average Bonchev–Trinajstić information content (AvgIpc) is 2.70. The number of benzene rings is 3. The van der Waals surface area contributed by atoms with Crippen molar-refractivity contribution in [2.45, 2.75) is 18.7 Å². The van der Waals surface area contributed by atoms with Gasteiger partial charge in [-0.3, -0.25) is 9.52 Å². The molecule has 2 N–H and O–H groups in total. The Labute approximate surface area is 170 Å². The summed E-state index contributed by atoms with van der Waals surface area (Å²) in [5.41, 5.74) is 3.54. The van der Waals surface area contributed by atoms with Crippen molar-refractivity contribution >= 4 is 27.3 Å². The fraction of sp³-hybridized carbons (Fsp3) is 0.0870. The smallest absolute Gasteiger partial charge is 0.262 e. The zero-order valence-corrected chi connectivity index (χ0v) is 16.9. The fourth-order valence-electron chi connectivity index (χ4n) is 2.79. The summed E-state index contributed by atoms with van der Waals surface area (Å²) in [6.45, 7) is 3.59. The normalized spacial score (nSPS) is 10.8. The summed E-state index contributed by atoms with van der Waals surface area (Å²) in [4.78, 5) is 12.6. The predicted octanol–water partition coefficient (Wildman–Crippen LogP) is 4.34. The molecule has 3 aromatic carbocycles. The van der Waals surface area contributed by atoms with E-state index in [2.05, 4.69) is 16.0 Å². The second-order valence-corrected chi connectivity index (χ2v) is 8.28. The molecule has 6 heteroatoms. The lowest BCUT2D eigenvalue weighted by Gasteiger charge is -2.12. The number of hydrogen-bond donors (Lipinski definition) is 2. The monoisotopic (exact) mass is 404 g/mol. The molecule has 29 heavy (non-hydrogen) atoms. The number of rotatable bonds is 5. The minimum Gasteiger partial charge on any atom is -0.322 e. The summed E-state index contributed by atoms with van der Waals surface area (Å²) in [6, 6.07) is 18.4. The van der Waals surface area contributed by atoms with Gasteiger partial charge in [-0.2, -0.15) is 0 Å². The van der Waals surface area contributed by atoms with Crippen molar-refractivity contribution in [3.05, 3.63) is 89.0 Å².